The van der Waals surface area contributed by atoms with E-state index in [0.29, 0.717) is 40.5 Å². The molecule has 2 aromatic carbocycles. The lowest BCUT2D eigenvalue weighted by molar-refractivity contribution is 0.0853. The average molecular weight is 373 g/mol. The molecule has 1 aromatic heterocycles. The van der Waals surface area contributed by atoms with Crippen LogP contribution in [0.5, 0.6) is 0 Å². The molecule has 0 fully saturated rings. The smallest absolute Gasteiger partial charge is 0.277 e. The van der Waals surface area contributed by atoms with Crippen molar-refractivity contribution in [3.8, 4) is 0 Å². The van der Waals surface area contributed by atoms with Crippen molar-refractivity contribution in [2.75, 3.05) is 18.4 Å². The summed E-state index contributed by atoms with van der Waals surface area (Å²) in [7, 11) is 0. The van der Waals surface area contributed by atoms with Gasteiger partial charge in [-0.25, -0.2) is 0 Å². The number of aromatic nitrogens is 1. The van der Waals surface area contributed by atoms with Crippen molar-refractivity contribution in [2.24, 2.45) is 4.99 Å². The molecule has 4 rings (SSSR count). The SMILES string of the molecule is O=C(c1cc2ccccc2[nH]1)N1CCN=C1Nc1c(Cl)cccc1Cl. The molecule has 2 N–H and O–H groups in total. The predicted molar refractivity (Wildman–Crippen MR) is 102 cm³/mol. The fourth-order valence-corrected chi connectivity index (χ4v) is 3.31. The highest BCUT2D eigenvalue weighted by Gasteiger charge is 2.27. The molecule has 0 saturated carbocycles. The van der Waals surface area contributed by atoms with Crippen LogP contribution in [0.15, 0.2) is 53.5 Å². The van der Waals surface area contributed by atoms with Crippen LogP contribution in [0.1, 0.15) is 10.5 Å². The number of benzene rings is 2. The summed E-state index contributed by atoms with van der Waals surface area (Å²) in [6.45, 7) is 1.02. The Balaban J connectivity index is 1.61. The van der Waals surface area contributed by atoms with E-state index in [1.165, 1.54) is 0 Å². The minimum absolute atomic E-state index is 0.150. The maximum absolute atomic E-state index is 12.9. The summed E-state index contributed by atoms with van der Waals surface area (Å²) in [5.41, 5.74) is 1.98. The molecule has 0 atom stereocenters. The van der Waals surface area contributed by atoms with Gasteiger partial charge in [-0.3, -0.25) is 14.7 Å². The number of aliphatic imine (C=N–C) groups is 1. The number of carbonyl (C=O) groups excluding carboxylic acids is 1. The van der Waals surface area contributed by atoms with Crippen LogP contribution in [-0.2, 0) is 0 Å². The monoisotopic (exact) mass is 372 g/mol. The zero-order valence-electron chi connectivity index (χ0n) is 13.1. The van der Waals surface area contributed by atoms with E-state index < -0.39 is 0 Å². The zero-order valence-corrected chi connectivity index (χ0v) is 14.6. The number of anilines is 1. The summed E-state index contributed by atoms with van der Waals surface area (Å²) in [6.07, 6.45) is 0. The van der Waals surface area contributed by atoms with E-state index in [1.807, 2.05) is 30.3 Å². The minimum atomic E-state index is -0.150. The minimum Gasteiger partial charge on any atom is -0.351 e. The summed E-state index contributed by atoms with van der Waals surface area (Å²) in [5, 5.41) is 5.03. The highest BCUT2D eigenvalue weighted by Crippen LogP contribution is 2.30. The number of nitrogens with one attached hydrogen (secondary N) is 2. The first-order chi connectivity index (χ1) is 12.1. The van der Waals surface area contributed by atoms with E-state index in [4.69, 9.17) is 23.2 Å². The molecule has 0 unspecified atom stereocenters. The van der Waals surface area contributed by atoms with Gasteiger partial charge in [0, 0.05) is 17.4 Å². The van der Waals surface area contributed by atoms with Gasteiger partial charge >= 0.3 is 0 Å². The molecule has 7 heteroatoms. The van der Waals surface area contributed by atoms with Crippen LogP contribution in [0, 0.1) is 0 Å². The quantitative estimate of drug-likeness (QED) is 0.700. The first kappa shape index (κ1) is 16.0. The van der Waals surface area contributed by atoms with Crippen molar-refractivity contribution in [2.45, 2.75) is 0 Å². The normalized spacial score (nSPS) is 14.0. The Morgan fingerprint density at radius 3 is 2.64 bits per heavy atom. The number of para-hydroxylation sites is 2. The van der Waals surface area contributed by atoms with Gasteiger partial charge in [-0.15, -0.1) is 0 Å². The third-order valence-corrected chi connectivity index (χ3v) is 4.68. The number of guanidine groups is 1. The van der Waals surface area contributed by atoms with Crippen molar-refractivity contribution in [1.82, 2.24) is 9.88 Å². The number of fused-ring (bicyclic) bond motifs is 1. The van der Waals surface area contributed by atoms with Gasteiger partial charge in [0.05, 0.1) is 22.3 Å². The predicted octanol–water partition coefficient (Wildman–Crippen LogP) is 4.40. The van der Waals surface area contributed by atoms with Gasteiger partial charge in [-0.05, 0) is 24.3 Å². The van der Waals surface area contributed by atoms with Gasteiger partial charge in [0.25, 0.3) is 5.91 Å². The summed E-state index contributed by atoms with van der Waals surface area (Å²) in [5.74, 6) is 0.293. The first-order valence-electron chi connectivity index (χ1n) is 7.78. The maximum atomic E-state index is 12.9. The van der Waals surface area contributed by atoms with Crippen LogP contribution < -0.4 is 5.32 Å². The number of aromatic amines is 1. The topological polar surface area (TPSA) is 60.5 Å². The molecule has 2 heterocycles. The number of halogens is 2. The van der Waals surface area contributed by atoms with Crippen molar-refractivity contribution in [3.63, 3.8) is 0 Å². The molecule has 1 amide bonds. The lowest BCUT2D eigenvalue weighted by Gasteiger charge is -2.19. The highest BCUT2D eigenvalue weighted by molar-refractivity contribution is 6.40. The molecule has 0 aliphatic carbocycles. The largest absolute Gasteiger partial charge is 0.351 e. The molecule has 5 nitrogen and oxygen atoms in total. The molecule has 25 heavy (non-hydrogen) atoms. The maximum Gasteiger partial charge on any atom is 0.277 e. The third kappa shape index (κ3) is 2.97. The molecular formula is C18H14Cl2N4O. The summed E-state index contributed by atoms with van der Waals surface area (Å²) in [4.78, 5) is 22.0. The first-order valence-corrected chi connectivity index (χ1v) is 8.54. The van der Waals surface area contributed by atoms with Crippen LogP contribution >= 0.6 is 23.2 Å². The number of amides is 1. The Hall–Kier alpha value is -2.50. The Bertz CT molecular complexity index is 942. The van der Waals surface area contributed by atoms with Crippen LogP contribution in [-0.4, -0.2) is 34.8 Å². The van der Waals surface area contributed by atoms with Gasteiger partial charge in [0.1, 0.15) is 5.69 Å². The van der Waals surface area contributed by atoms with Crippen LogP contribution in [0.4, 0.5) is 5.69 Å². The van der Waals surface area contributed by atoms with Crippen LogP contribution in [0.3, 0.4) is 0 Å². The fourth-order valence-electron chi connectivity index (χ4n) is 2.81. The van der Waals surface area contributed by atoms with E-state index in [1.54, 1.807) is 23.1 Å². The number of hydrogen-bond donors (Lipinski definition) is 2. The summed E-state index contributed by atoms with van der Waals surface area (Å²) < 4.78 is 0. The van der Waals surface area contributed by atoms with E-state index in [2.05, 4.69) is 15.3 Å². The zero-order chi connectivity index (χ0) is 17.4. The summed E-state index contributed by atoms with van der Waals surface area (Å²) >= 11 is 12.4. The number of H-pyrrole nitrogens is 1. The van der Waals surface area contributed by atoms with E-state index >= 15 is 0 Å². The Labute approximate surface area is 154 Å². The van der Waals surface area contributed by atoms with E-state index in [9.17, 15) is 4.79 Å². The molecule has 1 aliphatic heterocycles. The molecule has 0 radical (unpaired) electrons. The number of carbonyl (C=O) groups is 1. The van der Waals surface area contributed by atoms with Crippen molar-refractivity contribution in [3.05, 3.63) is 64.3 Å². The van der Waals surface area contributed by atoms with Gasteiger partial charge < -0.3 is 10.3 Å². The molecule has 3 aromatic rings. The average Bonchev–Trinajstić information content (AvgIpc) is 3.24. The van der Waals surface area contributed by atoms with Crippen molar-refractivity contribution >= 4 is 51.7 Å². The van der Waals surface area contributed by atoms with E-state index in [-0.39, 0.29) is 5.91 Å². The lowest BCUT2D eigenvalue weighted by atomic mass is 10.2. The van der Waals surface area contributed by atoms with Crippen LogP contribution in [0.25, 0.3) is 10.9 Å². The number of hydrogen-bond acceptors (Lipinski definition) is 3. The van der Waals surface area contributed by atoms with Crippen molar-refractivity contribution in [1.29, 1.82) is 0 Å². The van der Waals surface area contributed by atoms with Gasteiger partial charge in [-0.2, -0.15) is 0 Å². The van der Waals surface area contributed by atoms with Crippen molar-refractivity contribution < 1.29 is 4.79 Å². The molecule has 0 spiro atoms. The second-order valence-electron chi connectivity index (χ2n) is 5.65. The molecular weight excluding hydrogens is 359 g/mol. The Morgan fingerprint density at radius 1 is 1.12 bits per heavy atom. The second kappa shape index (κ2) is 6.43. The molecule has 0 bridgehead atoms. The Kier molecular flexibility index (Phi) is 4.11. The van der Waals surface area contributed by atoms with Gasteiger partial charge in [-0.1, -0.05) is 47.5 Å². The second-order valence-corrected chi connectivity index (χ2v) is 6.47. The third-order valence-electron chi connectivity index (χ3n) is 4.05. The van der Waals surface area contributed by atoms with E-state index in [0.717, 1.165) is 10.9 Å². The fraction of sp³-hybridized carbons (Fsp3) is 0.111. The van der Waals surface area contributed by atoms with Gasteiger partial charge in [0.15, 0.2) is 0 Å². The molecule has 0 saturated heterocycles. The lowest BCUT2D eigenvalue weighted by Crippen LogP contribution is -2.38. The summed E-state index contributed by atoms with van der Waals surface area (Å²) in [6, 6.07) is 14.8. The standard InChI is InChI=1S/C18H14Cl2N4O/c19-12-5-3-6-13(20)16(12)23-18-21-8-9-24(18)17(25)15-10-11-4-1-2-7-14(11)22-15/h1-7,10,22H,8-9H2,(H,21,23). The highest BCUT2D eigenvalue weighted by atomic mass is 35.5. The Morgan fingerprint density at radius 2 is 1.88 bits per heavy atom. The van der Waals surface area contributed by atoms with Gasteiger partial charge in [0.2, 0.25) is 5.96 Å². The molecule has 126 valence electrons. The molecule has 1 aliphatic rings. The number of rotatable bonds is 2. The number of nitrogens with zero attached hydrogens (tertiary/aromatic N) is 2. The van der Waals surface area contributed by atoms with Crippen LogP contribution in [0.2, 0.25) is 10.0 Å².